The number of likely N-dealkylation sites (tertiary alicyclic amines) is 1. The normalized spacial score (nSPS) is 19.4. The Kier molecular flexibility index (Phi) is 7.43. The van der Waals surface area contributed by atoms with Crippen LogP contribution in [0.25, 0.3) is 32.9 Å². The van der Waals surface area contributed by atoms with Crippen LogP contribution in [-0.4, -0.2) is 87.9 Å². The smallest absolute Gasteiger partial charge is 0.407 e. The molecule has 0 bridgehead atoms. The molecule has 2 saturated heterocycles. The van der Waals surface area contributed by atoms with Crippen molar-refractivity contribution in [3.63, 3.8) is 0 Å². The highest BCUT2D eigenvalue weighted by Gasteiger charge is 2.33. The van der Waals surface area contributed by atoms with Gasteiger partial charge in [0, 0.05) is 37.4 Å². The Morgan fingerprint density at radius 1 is 1.14 bits per heavy atom. The zero-order chi connectivity index (χ0) is 29.4. The van der Waals surface area contributed by atoms with Gasteiger partial charge in [-0.05, 0) is 49.3 Å². The number of piperazine rings is 1. The van der Waals surface area contributed by atoms with Crippen LogP contribution in [0.3, 0.4) is 0 Å². The molecular formula is C30H29F2N7O3. The van der Waals surface area contributed by atoms with Crippen LogP contribution in [-0.2, 0) is 0 Å². The van der Waals surface area contributed by atoms with Crippen LogP contribution in [0.2, 0.25) is 0 Å². The Hall–Kier alpha value is -4.63. The van der Waals surface area contributed by atoms with E-state index in [1.54, 1.807) is 18.2 Å². The van der Waals surface area contributed by atoms with Crippen LogP contribution >= 0.6 is 0 Å². The highest BCUT2D eigenvalue weighted by atomic mass is 19.1. The van der Waals surface area contributed by atoms with Crippen molar-refractivity contribution in [1.29, 1.82) is 5.26 Å². The van der Waals surface area contributed by atoms with Crippen molar-refractivity contribution in [2.45, 2.75) is 31.3 Å². The number of hydrogen-bond acceptors (Lipinski definition) is 8. The minimum Gasteiger partial charge on any atom is -0.465 e. The third kappa shape index (κ3) is 5.12. The van der Waals surface area contributed by atoms with Gasteiger partial charge in [-0.3, -0.25) is 4.98 Å². The summed E-state index contributed by atoms with van der Waals surface area (Å²) in [6, 6.07) is 11.2. The molecule has 216 valence electrons. The van der Waals surface area contributed by atoms with Gasteiger partial charge in [-0.2, -0.15) is 15.2 Å². The quantitative estimate of drug-likeness (QED) is 0.351. The molecule has 4 heterocycles. The first-order chi connectivity index (χ1) is 20.3. The SMILES string of the molecule is CN1CCCC1COc1nc(N2CCN(C(=O)O)C(CC#N)C2)c2cnc(-c3cccc4ccc(F)cc34)c(F)c2n1. The number of nitrogens with zero attached hydrogens (tertiary/aromatic N) is 7. The molecule has 0 saturated carbocycles. The van der Waals surface area contributed by atoms with Crippen LogP contribution in [0.5, 0.6) is 6.01 Å². The van der Waals surface area contributed by atoms with Crippen molar-refractivity contribution in [3.05, 3.63) is 54.2 Å². The molecule has 2 atom stereocenters. The zero-order valence-electron chi connectivity index (χ0n) is 23.0. The number of fused-ring (bicyclic) bond motifs is 2. The fourth-order valence-corrected chi connectivity index (χ4v) is 5.91. The Balaban J connectivity index is 1.46. The van der Waals surface area contributed by atoms with Crippen LogP contribution in [0.4, 0.5) is 19.4 Å². The third-order valence-electron chi connectivity index (χ3n) is 8.17. The molecule has 10 nitrogen and oxygen atoms in total. The summed E-state index contributed by atoms with van der Waals surface area (Å²) in [6.45, 7) is 1.89. The average molecular weight is 574 g/mol. The fraction of sp³-hybridized carbons (Fsp3) is 0.367. The number of carbonyl (C=O) groups is 1. The summed E-state index contributed by atoms with van der Waals surface area (Å²) in [5.74, 6) is -0.793. The number of anilines is 1. The van der Waals surface area contributed by atoms with E-state index in [1.807, 2.05) is 18.0 Å². The predicted octanol–water partition coefficient (Wildman–Crippen LogP) is 4.68. The lowest BCUT2D eigenvalue weighted by Crippen LogP contribution is -2.55. The maximum Gasteiger partial charge on any atom is 0.407 e. The Labute approximate surface area is 240 Å². The van der Waals surface area contributed by atoms with Gasteiger partial charge in [0.15, 0.2) is 5.82 Å². The van der Waals surface area contributed by atoms with Gasteiger partial charge in [-0.15, -0.1) is 0 Å². The second kappa shape index (κ2) is 11.3. The third-order valence-corrected chi connectivity index (χ3v) is 8.17. The molecule has 0 aliphatic carbocycles. The van der Waals surface area contributed by atoms with Gasteiger partial charge in [0.2, 0.25) is 0 Å². The van der Waals surface area contributed by atoms with Crippen molar-refractivity contribution in [3.8, 4) is 23.3 Å². The number of carboxylic acid groups (broad SMARTS) is 1. The second-order valence-corrected chi connectivity index (χ2v) is 10.7. The van der Waals surface area contributed by atoms with Gasteiger partial charge in [-0.1, -0.05) is 24.3 Å². The Bertz CT molecular complexity index is 1710. The summed E-state index contributed by atoms with van der Waals surface area (Å²) in [6.07, 6.45) is 2.40. The zero-order valence-corrected chi connectivity index (χ0v) is 23.0. The number of amides is 1. The lowest BCUT2D eigenvalue weighted by Gasteiger charge is -2.39. The highest BCUT2D eigenvalue weighted by Crippen LogP contribution is 2.35. The largest absolute Gasteiger partial charge is 0.465 e. The Morgan fingerprint density at radius 3 is 2.76 bits per heavy atom. The van der Waals surface area contributed by atoms with Crippen molar-refractivity contribution in [2.24, 2.45) is 0 Å². The molecule has 2 aromatic carbocycles. The summed E-state index contributed by atoms with van der Waals surface area (Å²) in [4.78, 5) is 30.6. The molecule has 42 heavy (non-hydrogen) atoms. The summed E-state index contributed by atoms with van der Waals surface area (Å²) in [5, 5.41) is 20.6. The number of aromatic nitrogens is 3. The standard InChI is InChI=1S/C30H29F2N7O3/c1-37-11-3-5-21(37)17-42-29-35-27-24(28(36-29)38-12-13-39(30(40)41)20(16-38)9-10-33)15-34-26(25(27)32)22-6-2-4-18-7-8-19(31)14-23(18)22/h2,4,6-8,14-15,20-21H,3,5,9,11-13,16-17H2,1H3,(H,40,41). The number of ether oxygens (including phenoxy) is 1. The molecule has 4 aromatic rings. The lowest BCUT2D eigenvalue weighted by molar-refractivity contribution is 0.119. The van der Waals surface area contributed by atoms with Crippen LogP contribution in [0.15, 0.2) is 42.6 Å². The molecule has 0 radical (unpaired) electrons. The first-order valence-electron chi connectivity index (χ1n) is 13.8. The minimum atomic E-state index is -1.10. The van der Waals surface area contributed by atoms with E-state index in [9.17, 15) is 19.6 Å². The molecule has 12 heteroatoms. The summed E-state index contributed by atoms with van der Waals surface area (Å²) in [7, 11) is 2.02. The van der Waals surface area contributed by atoms with Gasteiger partial charge in [0.25, 0.3) is 0 Å². The van der Waals surface area contributed by atoms with Crippen molar-refractivity contribution < 1.29 is 23.4 Å². The molecule has 0 spiro atoms. The topological polar surface area (TPSA) is 119 Å². The van der Waals surface area contributed by atoms with Gasteiger partial charge < -0.3 is 24.5 Å². The number of halogens is 2. The van der Waals surface area contributed by atoms with Gasteiger partial charge in [0.1, 0.15) is 29.5 Å². The first-order valence-corrected chi connectivity index (χ1v) is 13.8. The van der Waals surface area contributed by atoms with E-state index in [-0.39, 0.29) is 49.3 Å². The molecule has 2 aromatic heterocycles. The molecule has 2 aliphatic heterocycles. The van der Waals surface area contributed by atoms with E-state index in [4.69, 9.17) is 4.74 Å². The minimum absolute atomic E-state index is 0.00239. The maximum atomic E-state index is 16.4. The number of rotatable bonds is 6. The van der Waals surface area contributed by atoms with E-state index >= 15 is 4.39 Å². The average Bonchev–Trinajstić information content (AvgIpc) is 3.40. The van der Waals surface area contributed by atoms with Crippen LogP contribution in [0, 0.1) is 23.0 Å². The number of pyridine rings is 1. The van der Waals surface area contributed by atoms with E-state index in [0.29, 0.717) is 28.8 Å². The number of likely N-dealkylation sites (N-methyl/N-ethyl adjacent to an activating group) is 1. The van der Waals surface area contributed by atoms with Gasteiger partial charge >= 0.3 is 12.1 Å². The van der Waals surface area contributed by atoms with Crippen LogP contribution < -0.4 is 9.64 Å². The monoisotopic (exact) mass is 573 g/mol. The fourth-order valence-electron chi connectivity index (χ4n) is 5.91. The molecular weight excluding hydrogens is 544 g/mol. The van der Waals surface area contributed by atoms with E-state index in [2.05, 4.69) is 25.9 Å². The lowest BCUT2D eigenvalue weighted by atomic mass is 10.0. The number of nitriles is 1. The molecule has 2 unspecified atom stereocenters. The van der Waals surface area contributed by atoms with E-state index < -0.39 is 23.8 Å². The molecule has 2 aliphatic rings. The van der Waals surface area contributed by atoms with Crippen molar-refractivity contribution in [1.82, 2.24) is 24.8 Å². The van der Waals surface area contributed by atoms with Crippen molar-refractivity contribution in [2.75, 3.05) is 44.7 Å². The number of benzene rings is 2. The van der Waals surface area contributed by atoms with Gasteiger partial charge in [-0.25, -0.2) is 13.6 Å². The summed E-state index contributed by atoms with van der Waals surface area (Å²) in [5.41, 5.74) is 0.430. The predicted molar refractivity (Wildman–Crippen MR) is 152 cm³/mol. The molecule has 6 rings (SSSR count). The highest BCUT2D eigenvalue weighted by molar-refractivity contribution is 5.99. The summed E-state index contributed by atoms with van der Waals surface area (Å²) >= 11 is 0. The van der Waals surface area contributed by atoms with Crippen molar-refractivity contribution >= 4 is 33.6 Å². The second-order valence-electron chi connectivity index (χ2n) is 10.7. The summed E-state index contributed by atoms with van der Waals surface area (Å²) < 4.78 is 36.6. The van der Waals surface area contributed by atoms with E-state index in [1.165, 1.54) is 23.2 Å². The van der Waals surface area contributed by atoms with E-state index in [0.717, 1.165) is 24.8 Å². The first kappa shape index (κ1) is 27.5. The number of hydrogen-bond donors (Lipinski definition) is 1. The Morgan fingerprint density at radius 2 is 2.00 bits per heavy atom. The molecule has 1 amide bonds. The van der Waals surface area contributed by atoms with Crippen LogP contribution in [0.1, 0.15) is 19.3 Å². The maximum absolute atomic E-state index is 16.4. The van der Waals surface area contributed by atoms with Gasteiger partial charge in [0.05, 0.1) is 23.9 Å². The molecule has 2 fully saturated rings. The molecule has 1 N–H and O–H groups in total.